The largest absolute Gasteiger partial charge is 0.378 e. The maximum absolute atomic E-state index is 8.49. The molecule has 0 spiro atoms. The first-order valence-electron chi connectivity index (χ1n) is 11.9. The van der Waals surface area contributed by atoms with Gasteiger partial charge in [-0.1, -0.05) is 54.6 Å². The zero-order valence-electron chi connectivity index (χ0n) is 21.1. The number of fused-ring (bicyclic) bond motifs is 1. The molecule has 0 saturated carbocycles. The fraction of sp³-hybridized carbons (Fsp3) is 0.167. The van der Waals surface area contributed by atoms with Crippen LogP contribution in [-0.4, -0.2) is 14.1 Å². The number of anilines is 1. The van der Waals surface area contributed by atoms with Gasteiger partial charge in [0.25, 0.3) is 0 Å². The van der Waals surface area contributed by atoms with Crippen molar-refractivity contribution in [2.45, 2.75) is 12.8 Å². The summed E-state index contributed by atoms with van der Waals surface area (Å²) in [6, 6.07) is 32.8. The molecule has 37 heavy (non-hydrogen) atoms. The van der Waals surface area contributed by atoms with Crippen molar-refractivity contribution < 1.29 is 33.4 Å². The van der Waals surface area contributed by atoms with Crippen LogP contribution in [0.2, 0.25) is 0 Å². The minimum atomic E-state index is -4.94. The second kappa shape index (κ2) is 11.3. The molecule has 0 bridgehead atoms. The summed E-state index contributed by atoms with van der Waals surface area (Å²) in [4.78, 5) is 2.14. The Bertz CT molecular complexity index is 1380. The van der Waals surface area contributed by atoms with Crippen molar-refractivity contribution in [1.29, 1.82) is 0 Å². The van der Waals surface area contributed by atoms with Crippen LogP contribution in [0.4, 0.5) is 5.69 Å². The molecule has 1 heterocycles. The van der Waals surface area contributed by atoms with E-state index in [1.165, 1.54) is 50.5 Å². The van der Waals surface area contributed by atoms with Gasteiger partial charge in [0, 0.05) is 42.5 Å². The van der Waals surface area contributed by atoms with Gasteiger partial charge in [-0.15, -0.1) is 10.2 Å². The number of aromatic nitrogens is 1. The molecule has 6 nitrogen and oxygen atoms in total. The van der Waals surface area contributed by atoms with E-state index in [-0.39, 0.29) is 0 Å². The van der Waals surface area contributed by atoms with E-state index in [1.807, 2.05) is 0 Å². The molecule has 0 radical (unpaired) electrons. The van der Waals surface area contributed by atoms with Crippen LogP contribution in [0.1, 0.15) is 23.1 Å². The molecule has 0 aliphatic heterocycles. The minimum absolute atomic E-state index is 1.07. The fourth-order valence-corrected chi connectivity index (χ4v) is 4.77. The molecule has 0 N–H and O–H groups in total. The third-order valence-electron chi connectivity index (χ3n) is 6.45. The maximum Gasteiger partial charge on any atom is 0.216 e. The highest BCUT2D eigenvalue weighted by Gasteiger charge is 2.29. The molecular formula is C30H29ClN2O4. The van der Waals surface area contributed by atoms with Gasteiger partial charge >= 0.3 is 0 Å². The summed E-state index contributed by atoms with van der Waals surface area (Å²) in [5, 5.41) is 0. The highest BCUT2D eigenvalue weighted by molar-refractivity contribution is 5.89. The minimum Gasteiger partial charge on any atom is -0.378 e. The average Bonchev–Trinajstić information content (AvgIpc) is 3.26. The molecule has 7 heteroatoms. The van der Waals surface area contributed by atoms with E-state index in [1.54, 1.807) is 0 Å². The zero-order valence-corrected chi connectivity index (χ0v) is 21.8. The highest BCUT2D eigenvalue weighted by atomic mass is 35.7. The second-order valence-corrected chi connectivity index (χ2v) is 9.85. The van der Waals surface area contributed by atoms with Crippen LogP contribution in [0.3, 0.4) is 0 Å². The molecular weight excluding hydrogens is 488 g/mol. The lowest BCUT2D eigenvalue weighted by Gasteiger charge is -2.17. The van der Waals surface area contributed by atoms with Crippen molar-refractivity contribution in [2.24, 2.45) is 7.05 Å². The van der Waals surface area contributed by atoms with Crippen molar-refractivity contribution in [2.75, 3.05) is 19.0 Å². The first kappa shape index (κ1) is 26.5. The van der Waals surface area contributed by atoms with E-state index < -0.39 is 10.2 Å². The molecule has 0 saturated heterocycles. The second-order valence-electron chi connectivity index (χ2n) is 9.09. The Morgan fingerprint density at radius 3 is 1.84 bits per heavy atom. The number of halogens is 1. The molecule has 1 aromatic heterocycles. The third-order valence-corrected chi connectivity index (χ3v) is 6.45. The van der Waals surface area contributed by atoms with Gasteiger partial charge in [0.05, 0.1) is 0 Å². The van der Waals surface area contributed by atoms with Crippen molar-refractivity contribution in [3.63, 3.8) is 0 Å². The monoisotopic (exact) mass is 516 g/mol. The quantitative estimate of drug-likeness (QED) is 0.384. The van der Waals surface area contributed by atoms with E-state index in [4.69, 9.17) is 18.6 Å². The Labute approximate surface area is 219 Å². The van der Waals surface area contributed by atoms with E-state index in [9.17, 15) is 0 Å². The lowest BCUT2D eigenvalue weighted by molar-refractivity contribution is -2.00. The predicted octanol–water partition coefficient (Wildman–Crippen LogP) is 1.64. The first-order valence-corrected chi connectivity index (χ1v) is 13.1. The maximum atomic E-state index is 8.49. The molecule has 0 unspecified atom stereocenters. The zero-order chi connectivity index (χ0) is 26.6. The Morgan fingerprint density at radius 2 is 1.30 bits per heavy atom. The molecule has 1 aliphatic carbocycles. The summed E-state index contributed by atoms with van der Waals surface area (Å²) >= 11 is 0. The predicted molar refractivity (Wildman–Crippen MR) is 135 cm³/mol. The lowest BCUT2D eigenvalue weighted by atomic mass is 9.97. The molecule has 0 atom stereocenters. The number of hydrogen-bond acceptors (Lipinski definition) is 5. The van der Waals surface area contributed by atoms with E-state index >= 15 is 0 Å². The van der Waals surface area contributed by atoms with Gasteiger partial charge in [0.15, 0.2) is 0 Å². The van der Waals surface area contributed by atoms with Crippen LogP contribution in [0.25, 0.3) is 34.2 Å². The van der Waals surface area contributed by atoms with Gasteiger partial charge in [-0.3, -0.25) is 0 Å². The third kappa shape index (κ3) is 6.63. The lowest BCUT2D eigenvalue weighted by Crippen LogP contribution is -2.68. The van der Waals surface area contributed by atoms with Gasteiger partial charge in [-0.05, 0) is 65.9 Å². The van der Waals surface area contributed by atoms with E-state index in [0.717, 1.165) is 12.8 Å². The summed E-state index contributed by atoms with van der Waals surface area (Å²) in [7, 11) is 1.42. The van der Waals surface area contributed by atoms with Crippen molar-refractivity contribution in [3.05, 3.63) is 108 Å². The number of benzene rings is 3. The molecule has 190 valence electrons. The standard InChI is InChI=1S/C30H29N2.ClHO4/c1-31(2)26-17-14-22(15-18-26)20-25-16-19-27-28(25)21-29(23-10-6-4-7-11-23)32(3)30(27)24-12-8-5-9-13-24;2-1(3,4)5/h4-15,17-18,20-21H,16,19H2,1-3H3;(H,2,3,4,5)/q+1;/p-1. The molecule has 0 fully saturated rings. The summed E-state index contributed by atoms with van der Waals surface area (Å²) in [5.74, 6) is 0. The van der Waals surface area contributed by atoms with Crippen LogP contribution in [0.5, 0.6) is 0 Å². The topological polar surface area (TPSA) is 99.4 Å². The number of pyridine rings is 1. The number of allylic oxidation sites excluding steroid dienone is 1. The number of rotatable bonds is 4. The Balaban J connectivity index is 0.000000586. The van der Waals surface area contributed by atoms with Crippen LogP contribution < -0.4 is 28.1 Å². The van der Waals surface area contributed by atoms with Crippen molar-refractivity contribution in [1.82, 2.24) is 0 Å². The normalized spacial score (nSPS) is 13.6. The SMILES string of the molecule is CN(C)c1ccc(C=C2CCc3c2cc(-c2ccccc2)[n+](C)c3-c2ccccc2)cc1.[O-][Cl+3]([O-])([O-])[O-]. The number of nitrogens with zero attached hydrogens (tertiary/aromatic N) is 2. The smallest absolute Gasteiger partial charge is 0.216 e. The van der Waals surface area contributed by atoms with Crippen LogP contribution in [0, 0.1) is 10.2 Å². The van der Waals surface area contributed by atoms with Gasteiger partial charge in [-0.25, -0.2) is 18.6 Å². The van der Waals surface area contributed by atoms with Crippen LogP contribution in [-0.2, 0) is 13.5 Å². The molecule has 0 amide bonds. The van der Waals surface area contributed by atoms with Gasteiger partial charge in [-0.2, -0.15) is 4.57 Å². The Hall–Kier alpha value is -3.52. The highest BCUT2D eigenvalue weighted by Crippen LogP contribution is 2.40. The van der Waals surface area contributed by atoms with Crippen molar-refractivity contribution >= 4 is 17.3 Å². The Kier molecular flexibility index (Phi) is 8.07. The summed E-state index contributed by atoms with van der Waals surface area (Å²) < 4.78 is 36.3. The first-order chi connectivity index (χ1) is 17.6. The Morgan fingerprint density at radius 1 is 0.757 bits per heavy atom. The van der Waals surface area contributed by atoms with Crippen molar-refractivity contribution in [3.8, 4) is 22.5 Å². The molecule has 1 aliphatic rings. The van der Waals surface area contributed by atoms with E-state index in [2.05, 4.69) is 128 Å². The average molecular weight is 517 g/mol. The fourth-order valence-electron chi connectivity index (χ4n) is 4.77. The molecule has 5 rings (SSSR count). The summed E-state index contributed by atoms with van der Waals surface area (Å²) in [6.07, 6.45) is 4.52. The van der Waals surface area contributed by atoms with Gasteiger partial charge < -0.3 is 4.90 Å². The van der Waals surface area contributed by atoms with Gasteiger partial charge in [0.2, 0.25) is 11.4 Å². The van der Waals surface area contributed by atoms with Crippen LogP contribution >= 0.6 is 0 Å². The molecule has 3 aromatic carbocycles. The summed E-state index contributed by atoms with van der Waals surface area (Å²) in [6.45, 7) is 0. The molecule has 4 aromatic rings. The van der Waals surface area contributed by atoms with Crippen LogP contribution in [0.15, 0.2) is 91.0 Å². The summed E-state index contributed by atoms with van der Waals surface area (Å²) in [5.41, 5.74) is 11.8. The van der Waals surface area contributed by atoms with Gasteiger partial charge in [0.1, 0.15) is 7.05 Å². The van der Waals surface area contributed by atoms with E-state index in [0.29, 0.717) is 0 Å². The number of hydrogen-bond donors (Lipinski definition) is 0.